The Balaban J connectivity index is 1.59. The van der Waals surface area contributed by atoms with Crippen LogP contribution in [-0.2, 0) is 0 Å². The van der Waals surface area contributed by atoms with Crippen LogP contribution in [0.15, 0.2) is 68.7 Å². The Morgan fingerprint density at radius 2 is 2.00 bits per heavy atom. The number of nitrogens with one attached hydrogen (secondary N) is 1. The Morgan fingerprint density at radius 3 is 2.70 bits per heavy atom. The maximum Gasteiger partial charge on any atom is 0.269 e. The Labute approximate surface area is 156 Å². The van der Waals surface area contributed by atoms with Gasteiger partial charge in [-0.05, 0) is 48.6 Å². The van der Waals surface area contributed by atoms with Gasteiger partial charge >= 0.3 is 0 Å². The summed E-state index contributed by atoms with van der Waals surface area (Å²) in [5, 5.41) is 21.8. The smallest absolute Gasteiger partial charge is 0.269 e. The second-order valence-electron chi connectivity index (χ2n) is 5.39. The molecule has 0 atom stereocenters. The van der Waals surface area contributed by atoms with Crippen molar-refractivity contribution in [3.05, 3.63) is 75.4 Å². The number of aromatic amines is 1. The van der Waals surface area contributed by atoms with Crippen LogP contribution in [0.4, 0.5) is 5.69 Å². The first-order valence-corrected chi connectivity index (χ1v) is 8.13. The van der Waals surface area contributed by atoms with E-state index >= 15 is 0 Å². The molecular formula is C17H11N5O4S. The minimum atomic E-state index is -0.449. The molecule has 134 valence electrons. The van der Waals surface area contributed by atoms with E-state index in [9.17, 15) is 10.1 Å². The van der Waals surface area contributed by atoms with E-state index in [-0.39, 0.29) is 5.69 Å². The summed E-state index contributed by atoms with van der Waals surface area (Å²) < 4.78 is 12.8. The van der Waals surface area contributed by atoms with E-state index < -0.39 is 4.92 Å². The molecule has 27 heavy (non-hydrogen) atoms. The highest BCUT2D eigenvalue weighted by molar-refractivity contribution is 7.71. The van der Waals surface area contributed by atoms with E-state index in [2.05, 4.69) is 15.3 Å². The normalized spacial score (nSPS) is 11.3. The first-order valence-electron chi connectivity index (χ1n) is 7.72. The second kappa shape index (κ2) is 6.84. The van der Waals surface area contributed by atoms with Gasteiger partial charge in [-0.3, -0.25) is 10.1 Å². The standard InChI is InChI=1S/C17H11N5O4S/c23-22(24)12-5-3-11(4-6-12)14-8-7-13(26-14)10-18-21-16(19-20-17(21)27)15-2-1-9-25-15/h1-10H,(H,20,27)/b18-10-. The molecule has 0 spiro atoms. The molecular weight excluding hydrogens is 370 g/mol. The highest BCUT2D eigenvalue weighted by atomic mass is 32.1. The lowest BCUT2D eigenvalue weighted by atomic mass is 10.1. The van der Waals surface area contributed by atoms with Gasteiger partial charge in [0.15, 0.2) is 5.76 Å². The van der Waals surface area contributed by atoms with Crippen molar-refractivity contribution in [3.8, 4) is 22.9 Å². The van der Waals surface area contributed by atoms with Crippen LogP contribution in [-0.4, -0.2) is 26.0 Å². The molecule has 0 radical (unpaired) electrons. The third-order valence-corrected chi connectivity index (χ3v) is 3.95. The molecule has 4 aromatic rings. The summed E-state index contributed by atoms with van der Waals surface area (Å²) in [5.74, 6) is 2.00. The summed E-state index contributed by atoms with van der Waals surface area (Å²) >= 11 is 5.18. The van der Waals surface area contributed by atoms with Crippen LogP contribution >= 0.6 is 12.2 Å². The van der Waals surface area contributed by atoms with Gasteiger partial charge in [0.2, 0.25) is 10.6 Å². The fourth-order valence-electron chi connectivity index (χ4n) is 2.40. The van der Waals surface area contributed by atoms with Crippen molar-refractivity contribution in [2.45, 2.75) is 0 Å². The third-order valence-electron chi connectivity index (χ3n) is 3.68. The van der Waals surface area contributed by atoms with Crippen LogP contribution in [0.25, 0.3) is 22.9 Å². The minimum Gasteiger partial charge on any atom is -0.461 e. The number of furan rings is 2. The van der Waals surface area contributed by atoms with Gasteiger partial charge in [-0.25, -0.2) is 5.10 Å². The summed E-state index contributed by atoms with van der Waals surface area (Å²) in [7, 11) is 0. The van der Waals surface area contributed by atoms with E-state index in [1.807, 2.05) is 0 Å². The third kappa shape index (κ3) is 3.33. The molecule has 0 saturated carbocycles. The molecule has 0 bridgehead atoms. The van der Waals surface area contributed by atoms with E-state index in [1.54, 1.807) is 36.4 Å². The Hall–Kier alpha value is -3.79. The van der Waals surface area contributed by atoms with Gasteiger partial charge < -0.3 is 8.83 Å². The number of non-ortho nitro benzene ring substituents is 1. The predicted octanol–water partition coefficient (Wildman–Crippen LogP) is 4.25. The van der Waals surface area contributed by atoms with Crippen LogP contribution in [0.5, 0.6) is 0 Å². The highest BCUT2D eigenvalue weighted by Gasteiger charge is 2.11. The molecule has 0 unspecified atom stereocenters. The van der Waals surface area contributed by atoms with Crippen molar-refractivity contribution in [2.75, 3.05) is 0 Å². The number of hydrogen-bond donors (Lipinski definition) is 1. The van der Waals surface area contributed by atoms with Crippen LogP contribution in [0.2, 0.25) is 0 Å². The highest BCUT2D eigenvalue weighted by Crippen LogP contribution is 2.24. The average molecular weight is 381 g/mol. The van der Waals surface area contributed by atoms with E-state index in [0.717, 1.165) is 5.56 Å². The molecule has 0 amide bonds. The lowest BCUT2D eigenvalue weighted by molar-refractivity contribution is -0.384. The molecule has 0 aliphatic rings. The molecule has 3 heterocycles. The number of nitro benzene ring substituents is 1. The van der Waals surface area contributed by atoms with Gasteiger partial charge in [0.05, 0.1) is 17.4 Å². The van der Waals surface area contributed by atoms with Gasteiger partial charge in [0.1, 0.15) is 11.5 Å². The number of nitrogens with zero attached hydrogens (tertiary/aromatic N) is 4. The van der Waals surface area contributed by atoms with Crippen molar-refractivity contribution >= 4 is 24.1 Å². The molecule has 3 aromatic heterocycles. The van der Waals surface area contributed by atoms with Crippen molar-refractivity contribution < 1.29 is 13.8 Å². The Kier molecular flexibility index (Phi) is 4.22. The monoisotopic (exact) mass is 381 g/mol. The zero-order valence-electron chi connectivity index (χ0n) is 13.6. The average Bonchev–Trinajstić information content (AvgIpc) is 3.41. The molecule has 0 saturated heterocycles. The fraction of sp³-hybridized carbons (Fsp3) is 0. The molecule has 0 aliphatic carbocycles. The zero-order chi connectivity index (χ0) is 18.8. The van der Waals surface area contributed by atoms with Gasteiger partial charge in [-0.1, -0.05) is 0 Å². The molecule has 0 fully saturated rings. The van der Waals surface area contributed by atoms with Crippen molar-refractivity contribution in [3.63, 3.8) is 0 Å². The number of rotatable bonds is 5. The first-order chi connectivity index (χ1) is 13.1. The quantitative estimate of drug-likeness (QED) is 0.239. The van der Waals surface area contributed by atoms with Crippen LogP contribution < -0.4 is 0 Å². The number of H-pyrrole nitrogens is 1. The molecule has 10 heteroatoms. The summed E-state index contributed by atoms with van der Waals surface area (Å²) in [6, 6.07) is 13.1. The number of aromatic nitrogens is 3. The van der Waals surface area contributed by atoms with Crippen molar-refractivity contribution in [1.29, 1.82) is 0 Å². The lowest BCUT2D eigenvalue weighted by Crippen LogP contribution is -1.93. The van der Waals surface area contributed by atoms with Crippen LogP contribution in [0.3, 0.4) is 0 Å². The number of hydrogen-bond acceptors (Lipinski definition) is 7. The Bertz CT molecular complexity index is 1170. The first kappa shape index (κ1) is 16.7. The fourth-order valence-corrected chi connectivity index (χ4v) is 2.58. The van der Waals surface area contributed by atoms with Gasteiger partial charge in [0, 0.05) is 17.7 Å². The van der Waals surface area contributed by atoms with Crippen LogP contribution in [0.1, 0.15) is 5.76 Å². The minimum absolute atomic E-state index is 0.0203. The van der Waals surface area contributed by atoms with Crippen LogP contribution in [0, 0.1) is 14.9 Å². The second-order valence-corrected chi connectivity index (χ2v) is 5.78. The SMILES string of the molecule is O=[N+]([O-])c1ccc(-c2ccc(/C=N\n3c(-c4ccco4)n[nH]c3=S)o2)cc1. The van der Waals surface area contributed by atoms with E-state index in [4.69, 9.17) is 21.1 Å². The number of benzene rings is 1. The lowest BCUT2D eigenvalue weighted by Gasteiger charge is -1.97. The van der Waals surface area contributed by atoms with Gasteiger partial charge in [0.25, 0.3) is 5.69 Å². The number of nitro groups is 1. The van der Waals surface area contributed by atoms with Crippen molar-refractivity contribution in [2.24, 2.45) is 5.10 Å². The largest absolute Gasteiger partial charge is 0.461 e. The zero-order valence-corrected chi connectivity index (χ0v) is 14.4. The van der Waals surface area contributed by atoms with Gasteiger partial charge in [-0.2, -0.15) is 9.78 Å². The summed E-state index contributed by atoms with van der Waals surface area (Å²) in [6.45, 7) is 0. The topological polar surface area (TPSA) is 115 Å². The Morgan fingerprint density at radius 1 is 1.19 bits per heavy atom. The summed E-state index contributed by atoms with van der Waals surface area (Å²) in [6.07, 6.45) is 3.02. The predicted molar refractivity (Wildman–Crippen MR) is 98.9 cm³/mol. The van der Waals surface area contributed by atoms with Crippen molar-refractivity contribution in [1.82, 2.24) is 14.9 Å². The molecule has 0 aliphatic heterocycles. The summed E-state index contributed by atoms with van der Waals surface area (Å²) in [5.41, 5.74) is 0.739. The summed E-state index contributed by atoms with van der Waals surface area (Å²) in [4.78, 5) is 10.3. The van der Waals surface area contributed by atoms with Gasteiger partial charge in [-0.15, -0.1) is 5.10 Å². The molecule has 1 aromatic carbocycles. The van der Waals surface area contributed by atoms with E-state index in [1.165, 1.54) is 29.3 Å². The maximum absolute atomic E-state index is 10.7. The molecule has 9 nitrogen and oxygen atoms in total. The maximum atomic E-state index is 10.7. The van der Waals surface area contributed by atoms with E-state index in [0.29, 0.717) is 27.9 Å². The molecule has 1 N–H and O–H groups in total. The molecule has 4 rings (SSSR count).